The molecule has 1 aromatic rings. The molecule has 1 heterocycles. The van der Waals surface area contributed by atoms with E-state index in [9.17, 15) is 8.42 Å². The Morgan fingerprint density at radius 2 is 1.94 bits per heavy atom. The Kier molecular flexibility index (Phi) is 2.96. The van der Waals surface area contributed by atoms with E-state index in [0.717, 1.165) is 25.1 Å². The van der Waals surface area contributed by atoms with Crippen molar-refractivity contribution in [2.24, 2.45) is 7.05 Å². The number of aromatic nitrogens is 1. The summed E-state index contributed by atoms with van der Waals surface area (Å²) in [6, 6.07) is 2.55. The molecule has 0 spiro atoms. The van der Waals surface area contributed by atoms with E-state index in [1.54, 1.807) is 12.3 Å². The third-order valence-corrected chi connectivity index (χ3v) is 4.93. The largest absolute Gasteiger partial charge is 0.352 e. The summed E-state index contributed by atoms with van der Waals surface area (Å²) in [6.07, 6.45) is 6.08. The van der Waals surface area contributed by atoms with Gasteiger partial charge in [0.05, 0.1) is 4.90 Å². The topological polar surface area (TPSA) is 63.1 Å². The van der Waals surface area contributed by atoms with Gasteiger partial charge in [-0.25, -0.2) is 13.1 Å². The summed E-state index contributed by atoms with van der Waals surface area (Å²) >= 11 is 0. The molecular weight excluding hydrogens is 250 g/mol. The summed E-state index contributed by atoms with van der Waals surface area (Å²) in [5.74, 6) is 0. The first-order chi connectivity index (χ1) is 8.54. The highest BCUT2D eigenvalue weighted by molar-refractivity contribution is 7.89. The summed E-state index contributed by atoms with van der Waals surface area (Å²) in [7, 11) is -1.43. The normalized spacial score (nSPS) is 20.3. The van der Waals surface area contributed by atoms with Crippen molar-refractivity contribution in [3.05, 3.63) is 18.0 Å². The highest BCUT2D eigenvalue weighted by atomic mass is 32.2. The van der Waals surface area contributed by atoms with Crippen LogP contribution < -0.4 is 10.0 Å². The van der Waals surface area contributed by atoms with Crippen molar-refractivity contribution >= 4 is 10.0 Å². The van der Waals surface area contributed by atoms with Crippen molar-refractivity contribution in [1.29, 1.82) is 0 Å². The number of nitrogens with zero attached hydrogens (tertiary/aromatic N) is 1. The summed E-state index contributed by atoms with van der Waals surface area (Å²) in [5, 5.41) is 3.40. The second-order valence-corrected chi connectivity index (χ2v) is 7.04. The second-order valence-electron chi connectivity index (χ2n) is 5.33. The standard InChI is InChI=1S/C12H19N3O2S/c1-15-8-12(18(16,17)14-10-4-5-10)6-11(15)7-13-9-2-3-9/h6,8-10,13-14H,2-5,7H2,1H3. The maximum atomic E-state index is 12.1. The summed E-state index contributed by atoms with van der Waals surface area (Å²) in [5.41, 5.74) is 1.01. The van der Waals surface area contributed by atoms with E-state index in [2.05, 4.69) is 10.0 Å². The predicted molar refractivity (Wildman–Crippen MR) is 68.6 cm³/mol. The lowest BCUT2D eigenvalue weighted by molar-refractivity contribution is 0.581. The SMILES string of the molecule is Cn1cc(S(=O)(=O)NC2CC2)cc1CNC1CC1. The van der Waals surface area contributed by atoms with Gasteiger partial charge < -0.3 is 9.88 Å². The zero-order chi connectivity index (χ0) is 12.8. The lowest BCUT2D eigenvalue weighted by atomic mass is 10.4. The molecule has 6 heteroatoms. The first-order valence-electron chi connectivity index (χ1n) is 6.45. The van der Waals surface area contributed by atoms with Crippen LogP contribution in [0.1, 0.15) is 31.4 Å². The van der Waals surface area contributed by atoms with Gasteiger partial charge in [0.15, 0.2) is 0 Å². The smallest absolute Gasteiger partial charge is 0.242 e. The highest BCUT2D eigenvalue weighted by Crippen LogP contribution is 2.23. The van der Waals surface area contributed by atoms with Crippen LogP contribution in [0.2, 0.25) is 0 Å². The number of nitrogens with one attached hydrogen (secondary N) is 2. The Morgan fingerprint density at radius 1 is 1.28 bits per heavy atom. The van der Waals surface area contributed by atoms with Gasteiger partial charge in [-0.2, -0.15) is 0 Å². The minimum atomic E-state index is -3.32. The molecular formula is C12H19N3O2S. The fourth-order valence-electron chi connectivity index (χ4n) is 1.92. The zero-order valence-corrected chi connectivity index (χ0v) is 11.3. The average molecular weight is 269 g/mol. The molecule has 18 heavy (non-hydrogen) atoms. The average Bonchev–Trinajstić information content (AvgIpc) is 3.19. The number of sulfonamides is 1. The molecule has 2 fully saturated rings. The van der Waals surface area contributed by atoms with Crippen LogP contribution >= 0.6 is 0 Å². The lowest BCUT2D eigenvalue weighted by Crippen LogP contribution is -2.25. The monoisotopic (exact) mass is 269 g/mol. The van der Waals surface area contributed by atoms with Crippen molar-refractivity contribution < 1.29 is 8.42 Å². The number of hydrogen-bond acceptors (Lipinski definition) is 3. The molecule has 0 unspecified atom stereocenters. The molecule has 0 amide bonds. The first kappa shape index (κ1) is 12.2. The van der Waals surface area contributed by atoms with E-state index >= 15 is 0 Å². The second kappa shape index (κ2) is 4.36. The minimum absolute atomic E-state index is 0.156. The van der Waals surface area contributed by atoms with Gasteiger partial charge in [-0.3, -0.25) is 0 Å². The third kappa shape index (κ3) is 2.76. The van der Waals surface area contributed by atoms with Crippen LogP contribution in [0.5, 0.6) is 0 Å². The van der Waals surface area contributed by atoms with E-state index in [-0.39, 0.29) is 6.04 Å². The van der Waals surface area contributed by atoms with Crippen LogP contribution in [-0.2, 0) is 23.6 Å². The van der Waals surface area contributed by atoms with Gasteiger partial charge in [0, 0.05) is 37.6 Å². The van der Waals surface area contributed by atoms with E-state index in [1.807, 2.05) is 11.6 Å². The molecule has 0 bridgehead atoms. The number of aryl methyl sites for hydroxylation is 1. The van der Waals surface area contributed by atoms with Crippen molar-refractivity contribution in [3.63, 3.8) is 0 Å². The fraction of sp³-hybridized carbons (Fsp3) is 0.667. The molecule has 0 atom stereocenters. The Morgan fingerprint density at radius 3 is 2.56 bits per heavy atom. The van der Waals surface area contributed by atoms with Gasteiger partial charge in [-0.1, -0.05) is 0 Å². The van der Waals surface area contributed by atoms with Crippen LogP contribution in [0, 0.1) is 0 Å². The van der Waals surface area contributed by atoms with Crippen LogP contribution in [0.3, 0.4) is 0 Å². The molecule has 3 rings (SSSR count). The van der Waals surface area contributed by atoms with E-state index in [0.29, 0.717) is 10.9 Å². The number of hydrogen-bond donors (Lipinski definition) is 2. The van der Waals surface area contributed by atoms with E-state index in [4.69, 9.17) is 0 Å². The Balaban J connectivity index is 1.72. The minimum Gasteiger partial charge on any atom is -0.352 e. The molecule has 0 saturated heterocycles. The third-order valence-electron chi connectivity index (χ3n) is 3.44. The van der Waals surface area contributed by atoms with Crippen LogP contribution in [0.25, 0.3) is 0 Å². The van der Waals surface area contributed by atoms with Crippen molar-refractivity contribution in [1.82, 2.24) is 14.6 Å². The predicted octanol–water partition coefficient (Wildman–Crippen LogP) is 0.718. The Hall–Kier alpha value is -0.850. The zero-order valence-electron chi connectivity index (χ0n) is 10.5. The van der Waals surface area contributed by atoms with Gasteiger partial charge in [-0.05, 0) is 31.7 Å². The van der Waals surface area contributed by atoms with Crippen molar-refractivity contribution in [2.75, 3.05) is 0 Å². The molecule has 1 aromatic heterocycles. The van der Waals surface area contributed by atoms with Crippen LogP contribution in [0.15, 0.2) is 17.2 Å². The molecule has 0 aliphatic heterocycles. The van der Waals surface area contributed by atoms with Crippen molar-refractivity contribution in [3.8, 4) is 0 Å². The van der Waals surface area contributed by atoms with Gasteiger partial charge in [0.25, 0.3) is 0 Å². The molecule has 100 valence electrons. The van der Waals surface area contributed by atoms with E-state index in [1.165, 1.54) is 12.8 Å². The summed E-state index contributed by atoms with van der Waals surface area (Å²) in [4.78, 5) is 0.379. The lowest BCUT2D eigenvalue weighted by Gasteiger charge is -2.03. The van der Waals surface area contributed by atoms with Crippen LogP contribution in [-0.4, -0.2) is 25.1 Å². The molecule has 5 nitrogen and oxygen atoms in total. The fourth-order valence-corrected chi connectivity index (χ4v) is 3.32. The van der Waals surface area contributed by atoms with Gasteiger partial charge in [0.1, 0.15) is 0 Å². The quantitative estimate of drug-likeness (QED) is 0.800. The molecule has 0 aromatic carbocycles. The van der Waals surface area contributed by atoms with Gasteiger partial charge in [-0.15, -0.1) is 0 Å². The Bertz CT molecular complexity index is 542. The maximum absolute atomic E-state index is 12.1. The highest BCUT2D eigenvalue weighted by Gasteiger charge is 2.29. The molecule has 0 radical (unpaired) electrons. The molecule has 2 aliphatic carbocycles. The van der Waals surface area contributed by atoms with Crippen LogP contribution in [0.4, 0.5) is 0 Å². The van der Waals surface area contributed by atoms with Crippen molar-refractivity contribution in [2.45, 2.75) is 49.2 Å². The molecule has 2 saturated carbocycles. The Labute approximate surface area is 108 Å². The molecule has 2 N–H and O–H groups in total. The molecule has 2 aliphatic rings. The van der Waals surface area contributed by atoms with E-state index < -0.39 is 10.0 Å². The maximum Gasteiger partial charge on any atom is 0.242 e. The van der Waals surface area contributed by atoms with Gasteiger partial charge in [0.2, 0.25) is 10.0 Å². The number of rotatable bonds is 6. The summed E-state index contributed by atoms with van der Waals surface area (Å²) < 4.78 is 28.7. The summed E-state index contributed by atoms with van der Waals surface area (Å²) in [6.45, 7) is 0.736. The van der Waals surface area contributed by atoms with Gasteiger partial charge >= 0.3 is 0 Å². The first-order valence-corrected chi connectivity index (χ1v) is 7.94.